The third-order valence-electron chi connectivity index (χ3n) is 5.05. The Kier molecular flexibility index (Phi) is 6.67. The van der Waals surface area contributed by atoms with Crippen molar-refractivity contribution >= 4 is 5.91 Å². The number of ether oxygens (including phenoxy) is 1. The summed E-state index contributed by atoms with van der Waals surface area (Å²) in [5.74, 6) is 1.53. The van der Waals surface area contributed by atoms with E-state index in [4.69, 9.17) is 4.74 Å². The summed E-state index contributed by atoms with van der Waals surface area (Å²) in [6.45, 7) is 10.9. The van der Waals surface area contributed by atoms with Crippen molar-refractivity contribution in [3.05, 3.63) is 30.3 Å². The van der Waals surface area contributed by atoms with Crippen LogP contribution in [0.15, 0.2) is 30.3 Å². The number of amides is 1. The molecule has 1 N–H and O–H groups in total. The lowest BCUT2D eigenvalue weighted by Gasteiger charge is -2.37. The quantitative estimate of drug-likeness (QED) is 0.831. The van der Waals surface area contributed by atoms with Crippen molar-refractivity contribution < 1.29 is 9.53 Å². The minimum Gasteiger partial charge on any atom is -0.493 e. The number of nitrogens with one attached hydrogen (secondary N) is 1. The van der Waals surface area contributed by atoms with Crippen LogP contribution >= 0.6 is 0 Å². The molecule has 0 bridgehead atoms. The van der Waals surface area contributed by atoms with Gasteiger partial charge in [0, 0.05) is 18.0 Å². The Morgan fingerprint density at radius 2 is 2.08 bits per heavy atom. The molecule has 1 saturated heterocycles. The first-order valence-electron chi connectivity index (χ1n) is 9.15. The molecular formula is C20H32N2O2. The average molecular weight is 332 g/mol. The van der Waals surface area contributed by atoms with Crippen LogP contribution in [0.2, 0.25) is 0 Å². The van der Waals surface area contributed by atoms with Crippen LogP contribution in [-0.4, -0.2) is 42.1 Å². The molecule has 134 valence electrons. The molecule has 4 nitrogen and oxygen atoms in total. The number of hydrogen-bond donors (Lipinski definition) is 1. The van der Waals surface area contributed by atoms with Crippen LogP contribution in [0.4, 0.5) is 0 Å². The van der Waals surface area contributed by atoms with Gasteiger partial charge in [-0.2, -0.15) is 0 Å². The van der Waals surface area contributed by atoms with Gasteiger partial charge in [0.15, 0.2) is 0 Å². The summed E-state index contributed by atoms with van der Waals surface area (Å²) in [5.41, 5.74) is -0.142. The number of piperidine rings is 1. The molecule has 24 heavy (non-hydrogen) atoms. The molecule has 0 aliphatic carbocycles. The Bertz CT molecular complexity index is 516. The molecule has 2 unspecified atom stereocenters. The Labute approximate surface area is 146 Å². The highest BCUT2D eigenvalue weighted by Gasteiger charge is 2.29. The van der Waals surface area contributed by atoms with Crippen LogP contribution in [-0.2, 0) is 4.79 Å². The smallest absolute Gasteiger partial charge is 0.237 e. The van der Waals surface area contributed by atoms with E-state index in [1.54, 1.807) is 0 Å². The van der Waals surface area contributed by atoms with Gasteiger partial charge in [-0.15, -0.1) is 0 Å². The summed E-state index contributed by atoms with van der Waals surface area (Å²) >= 11 is 0. The lowest BCUT2D eigenvalue weighted by atomic mass is 9.97. The summed E-state index contributed by atoms with van der Waals surface area (Å²) in [5, 5.41) is 3.16. The van der Waals surface area contributed by atoms with E-state index in [0.29, 0.717) is 5.92 Å². The summed E-state index contributed by atoms with van der Waals surface area (Å²) in [6.07, 6.45) is 3.22. The first kappa shape index (κ1) is 18.8. The molecule has 2 rings (SSSR count). The van der Waals surface area contributed by atoms with Gasteiger partial charge in [0.2, 0.25) is 5.91 Å². The molecule has 0 radical (unpaired) electrons. The van der Waals surface area contributed by atoms with Crippen molar-refractivity contribution in [2.75, 3.05) is 19.7 Å². The zero-order chi connectivity index (χ0) is 17.6. The van der Waals surface area contributed by atoms with Crippen molar-refractivity contribution in [1.29, 1.82) is 0 Å². The van der Waals surface area contributed by atoms with Crippen molar-refractivity contribution in [3.8, 4) is 5.75 Å². The van der Waals surface area contributed by atoms with Gasteiger partial charge in [0.05, 0.1) is 12.6 Å². The van der Waals surface area contributed by atoms with Crippen molar-refractivity contribution in [3.63, 3.8) is 0 Å². The summed E-state index contributed by atoms with van der Waals surface area (Å²) < 4.78 is 5.90. The second-order valence-electron chi connectivity index (χ2n) is 7.53. The lowest BCUT2D eigenvalue weighted by molar-refractivity contribution is -0.128. The van der Waals surface area contributed by atoms with Crippen LogP contribution in [0.25, 0.3) is 0 Å². The number of benzene rings is 1. The fourth-order valence-electron chi connectivity index (χ4n) is 3.01. The molecule has 4 heteroatoms. The molecule has 0 aromatic heterocycles. The van der Waals surface area contributed by atoms with Crippen molar-refractivity contribution in [1.82, 2.24) is 10.2 Å². The number of rotatable bonds is 7. The van der Waals surface area contributed by atoms with E-state index < -0.39 is 0 Å². The molecule has 1 aliphatic heterocycles. The first-order valence-corrected chi connectivity index (χ1v) is 9.15. The topological polar surface area (TPSA) is 41.6 Å². The maximum atomic E-state index is 12.5. The Morgan fingerprint density at radius 3 is 2.75 bits per heavy atom. The molecule has 1 heterocycles. The van der Waals surface area contributed by atoms with Crippen LogP contribution in [0.1, 0.15) is 47.0 Å². The summed E-state index contributed by atoms with van der Waals surface area (Å²) in [4.78, 5) is 14.8. The van der Waals surface area contributed by atoms with Gasteiger partial charge in [-0.3, -0.25) is 9.69 Å². The molecule has 2 atom stereocenters. The second-order valence-corrected chi connectivity index (χ2v) is 7.53. The van der Waals surface area contributed by atoms with Gasteiger partial charge in [-0.05, 0) is 58.7 Å². The largest absolute Gasteiger partial charge is 0.493 e. The number of carbonyl (C=O) groups is 1. The van der Waals surface area contributed by atoms with Crippen LogP contribution < -0.4 is 10.1 Å². The van der Waals surface area contributed by atoms with Crippen molar-refractivity contribution in [2.24, 2.45) is 5.92 Å². The summed E-state index contributed by atoms with van der Waals surface area (Å²) in [7, 11) is 0. The van der Waals surface area contributed by atoms with E-state index in [0.717, 1.165) is 44.7 Å². The molecular weight excluding hydrogens is 300 g/mol. The number of nitrogens with zero attached hydrogens (tertiary/aromatic N) is 1. The van der Waals surface area contributed by atoms with Gasteiger partial charge in [0.1, 0.15) is 5.75 Å². The van der Waals surface area contributed by atoms with Crippen LogP contribution in [0.3, 0.4) is 0 Å². The average Bonchev–Trinajstić information content (AvgIpc) is 2.60. The predicted octanol–water partition coefficient (Wildman–Crippen LogP) is 3.47. The fraction of sp³-hybridized carbons (Fsp3) is 0.650. The fourth-order valence-corrected chi connectivity index (χ4v) is 3.01. The third kappa shape index (κ3) is 5.52. The number of hydrogen-bond acceptors (Lipinski definition) is 3. The highest BCUT2D eigenvalue weighted by atomic mass is 16.5. The Balaban J connectivity index is 1.84. The maximum absolute atomic E-state index is 12.5. The molecule has 1 amide bonds. The van der Waals surface area contributed by atoms with Gasteiger partial charge >= 0.3 is 0 Å². The maximum Gasteiger partial charge on any atom is 0.237 e. The zero-order valence-corrected chi connectivity index (χ0v) is 15.5. The third-order valence-corrected chi connectivity index (χ3v) is 5.05. The molecule has 0 saturated carbocycles. The standard InChI is InChI=1S/C20H32N2O2/c1-5-20(3,4)21-19(23)16(2)22-13-9-10-17(14-22)15-24-18-11-7-6-8-12-18/h6-8,11-12,16-17H,5,9-10,13-15H2,1-4H3,(H,21,23). The van der Waals surface area contributed by atoms with Gasteiger partial charge < -0.3 is 10.1 Å². The van der Waals surface area contributed by atoms with E-state index in [-0.39, 0.29) is 17.5 Å². The van der Waals surface area contributed by atoms with E-state index in [1.807, 2.05) is 37.3 Å². The number of para-hydroxylation sites is 1. The Hall–Kier alpha value is -1.55. The van der Waals surface area contributed by atoms with E-state index in [9.17, 15) is 4.79 Å². The van der Waals surface area contributed by atoms with Crippen molar-refractivity contribution in [2.45, 2.75) is 58.5 Å². The predicted molar refractivity (Wildman–Crippen MR) is 98.2 cm³/mol. The highest BCUT2D eigenvalue weighted by Crippen LogP contribution is 2.21. The number of carbonyl (C=O) groups excluding carboxylic acids is 1. The minimum atomic E-state index is -0.142. The molecule has 1 aromatic rings. The minimum absolute atomic E-state index is 0.0876. The number of likely N-dealkylation sites (tertiary alicyclic amines) is 1. The SMILES string of the molecule is CCC(C)(C)NC(=O)C(C)N1CCCC(COc2ccccc2)C1. The lowest BCUT2D eigenvalue weighted by Crippen LogP contribution is -2.54. The van der Waals surface area contributed by atoms with Gasteiger partial charge in [-0.1, -0.05) is 25.1 Å². The Morgan fingerprint density at radius 1 is 1.38 bits per heavy atom. The molecule has 0 spiro atoms. The van der Waals surface area contributed by atoms with Gasteiger partial charge in [-0.25, -0.2) is 0 Å². The van der Waals surface area contributed by atoms with Gasteiger partial charge in [0.25, 0.3) is 0 Å². The van der Waals surface area contributed by atoms with Crippen LogP contribution in [0, 0.1) is 5.92 Å². The molecule has 1 fully saturated rings. The normalized spacial score (nSPS) is 20.4. The summed E-state index contributed by atoms with van der Waals surface area (Å²) in [6, 6.07) is 9.87. The van der Waals surface area contributed by atoms with E-state index in [1.165, 1.54) is 0 Å². The zero-order valence-electron chi connectivity index (χ0n) is 15.5. The highest BCUT2D eigenvalue weighted by molar-refractivity contribution is 5.82. The molecule has 1 aromatic carbocycles. The second kappa shape index (κ2) is 8.52. The first-order chi connectivity index (χ1) is 11.4. The molecule has 1 aliphatic rings. The van der Waals surface area contributed by atoms with E-state index >= 15 is 0 Å². The van der Waals surface area contributed by atoms with Crippen LogP contribution in [0.5, 0.6) is 5.75 Å². The monoisotopic (exact) mass is 332 g/mol. The van der Waals surface area contributed by atoms with E-state index in [2.05, 4.69) is 31.0 Å².